The van der Waals surface area contributed by atoms with Gasteiger partial charge in [-0.15, -0.1) is 0 Å². The van der Waals surface area contributed by atoms with Crippen LogP contribution in [0.4, 0.5) is 0 Å². The second kappa shape index (κ2) is 5.90. The lowest BCUT2D eigenvalue weighted by Gasteiger charge is -2.02. The molecule has 0 amide bonds. The number of rotatable bonds is 6. The van der Waals surface area contributed by atoms with E-state index in [1.54, 1.807) is 7.11 Å². The van der Waals surface area contributed by atoms with E-state index in [9.17, 15) is 4.79 Å². The Balaban J connectivity index is 2.43. The van der Waals surface area contributed by atoms with Crippen LogP contribution in [0.3, 0.4) is 0 Å². The number of aryl methyl sites for hydroxylation is 1. The van der Waals surface area contributed by atoms with Gasteiger partial charge in [-0.05, 0) is 24.1 Å². The highest BCUT2D eigenvalue weighted by molar-refractivity contribution is 5.80. The Morgan fingerprint density at radius 2 is 2.07 bits per heavy atom. The van der Waals surface area contributed by atoms with E-state index in [2.05, 4.69) is 5.11 Å². The fourth-order valence-electron chi connectivity index (χ4n) is 1.23. The van der Waals surface area contributed by atoms with Crippen LogP contribution >= 0.6 is 0 Å². The maximum Gasteiger partial charge on any atom is 0.152 e. The van der Waals surface area contributed by atoms with Crippen molar-refractivity contribution >= 4 is 5.78 Å². The Labute approximate surface area is 88.8 Å². The van der Waals surface area contributed by atoms with Crippen molar-refractivity contribution in [1.29, 1.82) is 0 Å². The Morgan fingerprint density at radius 1 is 1.40 bits per heavy atom. The number of carbonyl (C=O) groups excluding carboxylic acids is 1. The summed E-state index contributed by atoms with van der Waals surface area (Å²) in [4.78, 5) is 11.1. The third kappa shape index (κ3) is 3.89. The highest BCUT2D eigenvalue weighted by Crippen LogP contribution is 2.12. The summed E-state index contributed by atoms with van der Waals surface area (Å²) in [7, 11) is 1.61. The second-order valence-corrected chi connectivity index (χ2v) is 3.19. The monoisotopic (exact) mass is 205 g/mol. The first-order chi connectivity index (χ1) is 7.26. The van der Waals surface area contributed by atoms with Crippen molar-refractivity contribution in [3.8, 4) is 5.75 Å². The first-order valence-electron chi connectivity index (χ1n) is 4.71. The average Bonchev–Trinajstić information content (AvgIpc) is 2.27. The molecule has 0 heterocycles. The van der Waals surface area contributed by atoms with Crippen molar-refractivity contribution < 1.29 is 9.53 Å². The van der Waals surface area contributed by atoms with Crippen molar-refractivity contribution in [2.45, 2.75) is 12.8 Å². The fourth-order valence-corrected chi connectivity index (χ4v) is 1.23. The highest BCUT2D eigenvalue weighted by atomic mass is 16.5. The van der Waals surface area contributed by atoms with Crippen molar-refractivity contribution in [3.63, 3.8) is 0 Å². The molecule has 80 valence electrons. The molecule has 0 saturated heterocycles. The molecule has 0 N–H and O–H groups in total. The summed E-state index contributed by atoms with van der Waals surface area (Å²) in [6, 6.07) is 7.55. The lowest BCUT2D eigenvalue weighted by atomic mass is 10.1. The lowest BCUT2D eigenvalue weighted by molar-refractivity contribution is -0.117. The van der Waals surface area contributed by atoms with Gasteiger partial charge in [-0.25, -0.2) is 0 Å². The molecule has 0 aliphatic heterocycles. The summed E-state index contributed by atoms with van der Waals surface area (Å²) in [5.41, 5.74) is 9.26. The fraction of sp³-hybridized carbons (Fsp3) is 0.364. The predicted octanol–water partition coefficient (Wildman–Crippen LogP) is 2.22. The summed E-state index contributed by atoms with van der Waals surface area (Å²) in [5.74, 6) is 0.740. The van der Waals surface area contributed by atoms with E-state index in [-0.39, 0.29) is 12.3 Å². The zero-order valence-electron chi connectivity index (χ0n) is 8.64. The first kappa shape index (κ1) is 11.4. The summed E-state index contributed by atoms with van der Waals surface area (Å²) in [6.07, 6.45) is 1.06. The standard InChI is InChI=1S/C11H13N2O2/c1-15-11-6-3-9(4-7-11)2-5-10(14)8-13-12/h3-4,6-7H,2,5,8H2,1H3/q-1. The zero-order valence-corrected chi connectivity index (χ0v) is 8.64. The summed E-state index contributed by atoms with van der Waals surface area (Å²) >= 11 is 0. The molecule has 0 bridgehead atoms. The van der Waals surface area contributed by atoms with Gasteiger partial charge in [-0.3, -0.25) is 4.79 Å². The van der Waals surface area contributed by atoms with E-state index in [4.69, 9.17) is 10.3 Å². The quantitative estimate of drug-likeness (QED) is 0.668. The number of ketones is 1. The predicted molar refractivity (Wildman–Crippen MR) is 57.0 cm³/mol. The molecule has 0 aromatic heterocycles. The van der Waals surface area contributed by atoms with E-state index in [1.807, 2.05) is 24.3 Å². The number of Topliss-reactive ketones (excluding diaryl/α,β-unsaturated/α-hetero) is 1. The molecule has 0 saturated carbocycles. The van der Waals surface area contributed by atoms with Gasteiger partial charge in [0.05, 0.1) is 13.7 Å². The number of benzene rings is 1. The van der Waals surface area contributed by atoms with Crippen molar-refractivity contribution in [3.05, 3.63) is 35.4 Å². The number of ether oxygens (including phenoxy) is 1. The second-order valence-electron chi connectivity index (χ2n) is 3.19. The minimum atomic E-state index is -0.115. The molecule has 0 spiro atoms. The number of carbonyl (C=O) groups is 1. The molecule has 1 rings (SSSR count). The number of methoxy groups -OCH3 is 1. The van der Waals surface area contributed by atoms with E-state index in [0.29, 0.717) is 12.8 Å². The number of hydrogen-bond donors (Lipinski definition) is 0. The molecule has 4 nitrogen and oxygen atoms in total. The Kier molecular flexibility index (Phi) is 4.47. The first-order valence-corrected chi connectivity index (χ1v) is 4.71. The van der Waals surface area contributed by atoms with Gasteiger partial charge in [0.15, 0.2) is 5.78 Å². The molecule has 0 aliphatic carbocycles. The van der Waals surface area contributed by atoms with Crippen LogP contribution < -0.4 is 4.74 Å². The van der Waals surface area contributed by atoms with Gasteiger partial charge in [-0.1, -0.05) is 12.1 Å². The van der Waals surface area contributed by atoms with Crippen molar-refractivity contribution in [2.24, 2.45) is 5.11 Å². The third-order valence-corrected chi connectivity index (χ3v) is 2.10. The average molecular weight is 205 g/mol. The zero-order chi connectivity index (χ0) is 11.1. The molecular weight excluding hydrogens is 192 g/mol. The SMILES string of the molecule is COc1ccc(CCC(=O)CN=[N-])cc1. The lowest BCUT2D eigenvalue weighted by Crippen LogP contribution is -2.03. The van der Waals surface area contributed by atoms with E-state index in [0.717, 1.165) is 11.3 Å². The molecule has 4 heteroatoms. The van der Waals surface area contributed by atoms with Crippen LogP contribution in [0.1, 0.15) is 12.0 Å². The van der Waals surface area contributed by atoms with Gasteiger partial charge in [-0.2, -0.15) is 0 Å². The Hall–Kier alpha value is -1.71. The topological polar surface area (TPSA) is 61.0 Å². The summed E-state index contributed by atoms with van der Waals surface area (Å²) < 4.78 is 5.02. The largest absolute Gasteiger partial charge is 0.712 e. The van der Waals surface area contributed by atoms with Gasteiger partial charge in [0.1, 0.15) is 5.75 Å². The summed E-state index contributed by atoms with van der Waals surface area (Å²) in [6.45, 7) is -0.115. The molecule has 0 aliphatic rings. The maximum absolute atomic E-state index is 11.1. The molecule has 0 unspecified atom stereocenters. The van der Waals surface area contributed by atoms with Gasteiger partial charge >= 0.3 is 0 Å². The van der Waals surface area contributed by atoms with Crippen LogP contribution in [-0.2, 0) is 11.2 Å². The minimum Gasteiger partial charge on any atom is -0.712 e. The van der Waals surface area contributed by atoms with E-state index in [1.165, 1.54) is 0 Å². The Bertz CT molecular complexity index is 333. The number of hydrogen-bond acceptors (Lipinski definition) is 3. The van der Waals surface area contributed by atoms with Crippen LogP contribution in [0.25, 0.3) is 5.53 Å². The van der Waals surface area contributed by atoms with E-state index >= 15 is 0 Å². The van der Waals surface area contributed by atoms with Gasteiger partial charge in [0.25, 0.3) is 0 Å². The van der Waals surface area contributed by atoms with Crippen LogP contribution in [0.15, 0.2) is 29.4 Å². The Morgan fingerprint density at radius 3 is 2.60 bits per heavy atom. The van der Waals surface area contributed by atoms with Crippen LogP contribution in [-0.4, -0.2) is 19.4 Å². The third-order valence-electron chi connectivity index (χ3n) is 2.10. The van der Waals surface area contributed by atoms with Gasteiger partial charge < -0.3 is 15.4 Å². The van der Waals surface area contributed by atoms with Gasteiger partial charge in [0, 0.05) is 6.42 Å². The number of nitrogens with zero attached hydrogens (tertiary/aromatic N) is 2. The molecule has 0 radical (unpaired) electrons. The normalized spacial score (nSPS) is 9.67. The molecule has 1 aromatic carbocycles. The highest BCUT2D eigenvalue weighted by Gasteiger charge is 2.00. The van der Waals surface area contributed by atoms with Crippen molar-refractivity contribution in [1.82, 2.24) is 0 Å². The smallest absolute Gasteiger partial charge is 0.152 e. The van der Waals surface area contributed by atoms with E-state index < -0.39 is 0 Å². The summed E-state index contributed by atoms with van der Waals surface area (Å²) in [5, 5.41) is 2.81. The van der Waals surface area contributed by atoms with Crippen LogP contribution in [0, 0.1) is 0 Å². The molecule has 1 aromatic rings. The molecule has 0 atom stereocenters. The minimum absolute atomic E-state index is 0.0617. The molecule has 15 heavy (non-hydrogen) atoms. The van der Waals surface area contributed by atoms with Gasteiger partial charge in [0.2, 0.25) is 0 Å². The maximum atomic E-state index is 11.1. The van der Waals surface area contributed by atoms with Crippen LogP contribution in [0.5, 0.6) is 5.75 Å². The molecule has 0 fully saturated rings. The van der Waals surface area contributed by atoms with Crippen LogP contribution in [0.2, 0.25) is 0 Å². The van der Waals surface area contributed by atoms with Crippen molar-refractivity contribution in [2.75, 3.05) is 13.7 Å². The molecular formula is C11H13N2O2-.